The third-order valence-corrected chi connectivity index (χ3v) is 5.40. The largest absolute Gasteiger partial charge is 0.481 e. The van der Waals surface area contributed by atoms with Gasteiger partial charge in [0.25, 0.3) is 5.91 Å². The molecule has 1 atom stereocenters. The molecular weight excluding hydrogens is 359 g/mol. The highest BCUT2D eigenvalue weighted by molar-refractivity contribution is 7.17. The molecule has 1 amide bonds. The van der Waals surface area contributed by atoms with Crippen LogP contribution < -0.4 is 0 Å². The lowest BCUT2D eigenvalue weighted by Gasteiger charge is -2.27. The van der Waals surface area contributed by atoms with Crippen molar-refractivity contribution in [3.63, 3.8) is 0 Å². The van der Waals surface area contributed by atoms with E-state index >= 15 is 0 Å². The van der Waals surface area contributed by atoms with Crippen LogP contribution in [0.1, 0.15) is 21.9 Å². The number of nitrogens with zero attached hydrogens (tertiary/aromatic N) is 1. The molecule has 0 bridgehead atoms. The number of aryl methyl sites for hydroxylation is 1. The Hall–Kier alpha value is -2.29. The first-order chi connectivity index (χ1) is 11.6. The van der Waals surface area contributed by atoms with Gasteiger partial charge in [0.1, 0.15) is 11.5 Å². The maximum Gasteiger partial charge on any atom is 0.406 e. The number of rotatable bonds is 3. The van der Waals surface area contributed by atoms with Crippen molar-refractivity contribution in [1.82, 2.24) is 4.90 Å². The first-order valence-corrected chi connectivity index (χ1v) is 8.22. The fourth-order valence-corrected chi connectivity index (χ4v) is 3.75. The molecule has 25 heavy (non-hydrogen) atoms. The summed E-state index contributed by atoms with van der Waals surface area (Å²) in [5.41, 5.74) is -2.90. The van der Waals surface area contributed by atoms with Crippen LogP contribution in [0.5, 0.6) is 0 Å². The van der Waals surface area contributed by atoms with Crippen LogP contribution in [0.15, 0.2) is 28.7 Å². The standard InChI is InChI=1S/C16H14F3NO4S/c1-9-2-3-10(24-9)11-4-5-12(25-11)13(21)20-7-6-15(8-20,14(22)23)16(17,18)19/h2-5H,6-8H2,1H3,(H,22,23). The van der Waals surface area contributed by atoms with Crippen molar-refractivity contribution in [2.75, 3.05) is 13.1 Å². The van der Waals surface area contributed by atoms with Gasteiger partial charge < -0.3 is 14.4 Å². The lowest BCUT2D eigenvalue weighted by molar-refractivity contribution is -0.227. The van der Waals surface area contributed by atoms with Crippen LogP contribution in [0.2, 0.25) is 0 Å². The predicted molar refractivity (Wildman–Crippen MR) is 83.4 cm³/mol. The minimum absolute atomic E-state index is 0.243. The predicted octanol–water partition coefficient (Wildman–Crippen LogP) is 3.80. The van der Waals surface area contributed by atoms with Gasteiger partial charge in [0.05, 0.1) is 9.75 Å². The molecule has 9 heteroatoms. The number of likely N-dealkylation sites (tertiary alicyclic amines) is 1. The zero-order valence-electron chi connectivity index (χ0n) is 13.1. The summed E-state index contributed by atoms with van der Waals surface area (Å²) in [5, 5.41) is 9.06. The molecule has 3 rings (SSSR count). The zero-order valence-corrected chi connectivity index (χ0v) is 13.9. The van der Waals surface area contributed by atoms with E-state index in [1.807, 2.05) is 0 Å². The van der Waals surface area contributed by atoms with Crippen molar-refractivity contribution in [2.24, 2.45) is 5.41 Å². The molecule has 1 unspecified atom stereocenters. The van der Waals surface area contributed by atoms with Crippen LogP contribution in [0.4, 0.5) is 13.2 Å². The number of alkyl halides is 3. The molecule has 0 radical (unpaired) electrons. The van der Waals surface area contributed by atoms with E-state index in [4.69, 9.17) is 9.52 Å². The molecule has 0 aliphatic carbocycles. The molecular formula is C16H14F3NO4S. The molecule has 0 aromatic carbocycles. The zero-order chi connectivity index (χ0) is 18.4. The number of aliphatic carboxylic acids is 1. The van der Waals surface area contributed by atoms with Crippen LogP contribution >= 0.6 is 11.3 Å². The van der Waals surface area contributed by atoms with Crippen LogP contribution in [-0.2, 0) is 4.79 Å². The van der Waals surface area contributed by atoms with Crippen LogP contribution in [0.3, 0.4) is 0 Å². The van der Waals surface area contributed by atoms with Gasteiger partial charge in [0.15, 0.2) is 5.41 Å². The van der Waals surface area contributed by atoms with E-state index in [9.17, 15) is 22.8 Å². The van der Waals surface area contributed by atoms with Gasteiger partial charge in [-0.1, -0.05) is 0 Å². The van der Waals surface area contributed by atoms with E-state index in [2.05, 4.69) is 0 Å². The highest BCUT2D eigenvalue weighted by Crippen LogP contribution is 2.46. The van der Waals surface area contributed by atoms with Gasteiger partial charge in [-0.2, -0.15) is 13.2 Å². The molecule has 2 aromatic heterocycles. The number of amides is 1. The van der Waals surface area contributed by atoms with Gasteiger partial charge in [-0.15, -0.1) is 11.3 Å². The number of carboxylic acids is 1. The molecule has 134 valence electrons. The van der Waals surface area contributed by atoms with Gasteiger partial charge >= 0.3 is 12.1 Å². The lowest BCUT2D eigenvalue weighted by atomic mass is 9.86. The number of carboxylic acid groups (broad SMARTS) is 1. The minimum Gasteiger partial charge on any atom is -0.481 e. The van der Waals surface area contributed by atoms with Crippen molar-refractivity contribution >= 4 is 23.2 Å². The summed E-state index contributed by atoms with van der Waals surface area (Å²) in [6, 6.07) is 6.67. The highest BCUT2D eigenvalue weighted by Gasteiger charge is 2.64. The molecule has 1 N–H and O–H groups in total. The Morgan fingerprint density at radius 3 is 2.52 bits per heavy atom. The van der Waals surface area contributed by atoms with Crippen LogP contribution in [0, 0.1) is 12.3 Å². The number of carbonyl (C=O) groups is 2. The Morgan fingerprint density at radius 2 is 2.00 bits per heavy atom. The molecule has 1 saturated heterocycles. The summed E-state index contributed by atoms with van der Waals surface area (Å²) in [6.45, 7) is 0.644. The van der Waals surface area contributed by atoms with Gasteiger partial charge in [-0.3, -0.25) is 9.59 Å². The number of halogens is 3. The van der Waals surface area contributed by atoms with Crippen molar-refractivity contribution in [3.8, 4) is 10.6 Å². The van der Waals surface area contributed by atoms with Gasteiger partial charge in [0, 0.05) is 13.1 Å². The van der Waals surface area contributed by atoms with Gasteiger partial charge in [0.2, 0.25) is 0 Å². The Labute approximate surface area is 144 Å². The van der Waals surface area contributed by atoms with E-state index in [-0.39, 0.29) is 11.4 Å². The highest BCUT2D eigenvalue weighted by atomic mass is 32.1. The Kier molecular flexibility index (Phi) is 4.14. The normalized spacial score (nSPS) is 20.9. The minimum atomic E-state index is -4.92. The Bertz CT molecular complexity index is 825. The maximum atomic E-state index is 13.2. The summed E-state index contributed by atoms with van der Waals surface area (Å²) in [6.07, 6.45) is -5.56. The van der Waals surface area contributed by atoms with E-state index in [0.29, 0.717) is 16.4 Å². The summed E-state index contributed by atoms with van der Waals surface area (Å²) < 4.78 is 45.1. The number of carbonyl (C=O) groups excluding carboxylic acids is 1. The smallest absolute Gasteiger partial charge is 0.406 e. The number of hydrogen-bond acceptors (Lipinski definition) is 4. The summed E-state index contributed by atoms with van der Waals surface area (Å²) in [7, 11) is 0. The average Bonchev–Trinajstić information content (AvgIpc) is 3.24. The first kappa shape index (κ1) is 17.5. The second-order valence-corrected chi connectivity index (χ2v) is 7.02. The number of thiophene rings is 1. The molecule has 1 aliphatic rings. The molecule has 1 fully saturated rings. The molecule has 0 saturated carbocycles. The van der Waals surface area contributed by atoms with Gasteiger partial charge in [-0.25, -0.2) is 0 Å². The maximum absolute atomic E-state index is 13.2. The third kappa shape index (κ3) is 2.92. The van der Waals surface area contributed by atoms with E-state index in [1.165, 1.54) is 6.07 Å². The van der Waals surface area contributed by atoms with Crippen molar-refractivity contribution in [3.05, 3.63) is 34.9 Å². The SMILES string of the molecule is Cc1ccc(-c2ccc(C(=O)N3CCC(C(=O)O)(C(F)(F)F)C3)s2)o1. The Morgan fingerprint density at radius 1 is 1.28 bits per heavy atom. The summed E-state index contributed by atoms with van der Waals surface area (Å²) in [4.78, 5) is 25.5. The third-order valence-electron chi connectivity index (χ3n) is 4.31. The van der Waals surface area contributed by atoms with Crippen molar-refractivity contribution in [1.29, 1.82) is 0 Å². The fourth-order valence-electron chi connectivity index (χ4n) is 2.82. The van der Waals surface area contributed by atoms with Crippen LogP contribution in [0.25, 0.3) is 10.6 Å². The topological polar surface area (TPSA) is 70.8 Å². The number of hydrogen-bond donors (Lipinski definition) is 1. The van der Waals surface area contributed by atoms with E-state index in [1.54, 1.807) is 25.1 Å². The lowest BCUT2D eigenvalue weighted by Crippen LogP contribution is -2.47. The molecule has 3 heterocycles. The Balaban J connectivity index is 1.81. The number of furan rings is 1. The van der Waals surface area contributed by atoms with Gasteiger partial charge in [-0.05, 0) is 37.6 Å². The molecule has 0 spiro atoms. The average molecular weight is 373 g/mol. The second kappa shape index (κ2) is 5.91. The molecule has 1 aliphatic heterocycles. The second-order valence-electron chi connectivity index (χ2n) is 5.94. The van der Waals surface area contributed by atoms with E-state index in [0.717, 1.165) is 16.2 Å². The quantitative estimate of drug-likeness (QED) is 0.889. The molecule has 5 nitrogen and oxygen atoms in total. The van der Waals surface area contributed by atoms with Crippen molar-refractivity contribution < 1.29 is 32.3 Å². The monoisotopic (exact) mass is 373 g/mol. The summed E-state index contributed by atoms with van der Waals surface area (Å²) >= 11 is 1.10. The fraction of sp³-hybridized carbons (Fsp3) is 0.375. The molecule has 2 aromatic rings. The van der Waals surface area contributed by atoms with E-state index < -0.39 is 36.4 Å². The van der Waals surface area contributed by atoms with Crippen LogP contribution in [-0.4, -0.2) is 41.1 Å². The first-order valence-electron chi connectivity index (χ1n) is 7.40. The van der Waals surface area contributed by atoms with Crippen molar-refractivity contribution in [2.45, 2.75) is 19.5 Å². The summed E-state index contributed by atoms with van der Waals surface area (Å²) in [5.74, 6) is -1.29.